The van der Waals surface area contributed by atoms with Crippen LogP contribution in [0.15, 0.2) is 49.1 Å². The van der Waals surface area contributed by atoms with Gasteiger partial charge in [-0.3, -0.25) is 9.59 Å². The number of allylic oxidation sites excluding steroid dienone is 2. The summed E-state index contributed by atoms with van der Waals surface area (Å²) >= 11 is 0. The van der Waals surface area contributed by atoms with E-state index in [1.54, 1.807) is 0 Å². The second-order valence-electron chi connectivity index (χ2n) is 12.3. The highest BCUT2D eigenvalue weighted by Crippen LogP contribution is 2.43. The smallest absolute Gasteiger partial charge is 0.313 e. The standard InChI is InChI=1S/C35H54O3/c1-7-8-9-10-11-12-13-14-15-19-25-38-34(37)32(29(4)30-22-17-16-18-23-30)28(3)26-31(36)33-27(2)21-20-24-35(33,5)6/h16-18,20-23,27-28,32-33H,4,7-15,19,24-26H2,1-3,5-6H3. The summed E-state index contributed by atoms with van der Waals surface area (Å²) in [4.78, 5) is 27.0. The molecule has 1 aliphatic carbocycles. The monoisotopic (exact) mass is 522 g/mol. The summed E-state index contributed by atoms with van der Waals surface area (Å²) in [5, 5.41) is 0. The SMILES string of the molecule is C=C(c1ccccc1)C(C(=O)OCCCCCCCCCCCC)C(C)CC(=O)C1C(C)C=CCC1(C)C. The van der Waals surface area contributed by atoms with Crippen LogP contribution < -0.4 is 0 Å². The van der Waals surface area contributed by atoms with E-state index in [-0.39, 0.29) is 34.9 Å². The average Bonchev–Trinajstić information content (AvgIpc) is 2.87. The van der Waals surface area contributed by atoms with Gasteiger partial charge in [0.2, 0.25) is 0 Å². The zero-order valence-corrected chi connectivity index (χ0v) is 25.0. The second-order valence-corrected chi connectivity index (χ2v) is 12.3. The van der Waals surface area contributed by atoms with Crippen LogP contribution in [0.1, 0.15) is 117 Å². The Balaban J connectivity index is 1.93. The largest absolute Gasteiger partial charge is 0.465 e. The van der Waals surface area contributed by atoms with Crippen LogP contribution in [0.2, 0.25) is 0 Å². The molecule has 2 rings (SSSR count). The molecule has 4 atom stereocenters. The van der Waals surface area contributed by atoms with E-state index in [4.69, 9.17) is 4.74 Å². The summed E-state index contributed by atoms with van der Waals surface area (Å²) in [7, 11) is 0. The van der Waals surface area contributed by atoms with Crippen LogP contribution in [-0.2, 0) is 14.3 Å². The molecule has 1 aromatic carbocycles. The third-order valence-electron chi connectivity index (χ3n) is 8.41. The molecule has 3 nitrogen and oxygen atoms in total. The lowest BCUT2D eigenvalue weighted by Gasteiger charge is -2.39. The molecule has 0 amide bonds. The number of hydrogen-bond acceptors (Lipinski definition) is 3. The van der Waals surface area contributed by atoms with Gasteiger partial charge in [-0.1, -0.05) is 141 Å². The first kappa shape index (κ1) is 32.1. The summed E-state index contributed by atoms with van der Waals surface area (Å²) in [6.07, 6.45) is 18.1. The number of carbonyl (C=O) groups excluding carboxylic acids is 2. The van der Waals surface area contributed by atoms with Crippen LogP contribution in [0, 0.1) is 29.1 Å². The van der Waals surface area contributed by atoms with E-state index in [0.29, 0.717) is 13.0 Å². The van der Waals surface area contributed by atoms with Crippen molar-refractivity contribution in [2.24, 2.45) is 29.1 Å². The highest BCUT2D eigenvalue weighted by molar-refractivity contribution is 5.90. The highest BCUT2D eigenvalue weighted by atomic mass is 16.5. The van der Waals surface area contributed by atoms with Crippen molar-refractivity contribution < 1.29 is 14.3 Å². The maximum Gasteiger partial charge on any atom is 0.313 e. The molecule has 3 heteroatoms. The Kier molecular flexibility index (Phi) is 14.1. The molecule has 0 spiro atoms. The molecule has 0 N–H and O–H groups in total. The molecule has 0 saturated carbocycles. The summed E-state index contributed by atoms with van der Waals surface area (Å²) in [5.41, 5.74) is 1.60. The Labute approximate surface area is 233 Å². The topological polar surface area (TPSA) is 43.4 Å². The van der Waals surface area contributed by atoms with Gasteiger partial charge in [0.1, 0.15) is 5.78 Å². The van der Waals surface area contributed by atoms with Gasteiger partial charge in [-0.15, -0.1) is 0 Å². The van der Waals surface area contributed by atoms with Gasteiger partial charge in [0.15, 0.2) is 0 Å². The minimum absolute atomic E-state index is 0.0387. The number of ether oxygens (including phenoxy) is 1. The van der Waals surface area contributed by atoms with Gasteiger partial charge in [-0.2, -0.15) is 0 Å². The number of unbranched alkanes of at least 4 members (excludes halogenated alkanes) is 9. The molecule has 1 aliphatic rings. The first-order valence-electron chi connectivity index (χ1n) is 15.3. The lowest BCUT2D eigenvalue weighted by molar-refractivity contribution is -0.148. The summed E-state index contributed by atoms with van der Waals surface area (Å²) in [5.74, 6) is -0.536. The van der Waals surface area contributed by atoms with Gasteiger partial charge in [-0.05, 0) is 41.2 Å². The molecule has 38 heavy (non-hydrogen) atoms. The highest BCUT2D eigenvalue weighted by Gasteiger charge is 2.41. The van der Waals surface area contributed by atoms with E-state index in [0.717, 1.165) is 30.4 Å². The van der Waals surface area contributed by atoms with Gasteiger partial charge in [-0.25, -0.2) is 0 Å². The van der Waals surface area contributed by atoms with E-state index < -0.39 is 5.92 Å². The fourth-order valence-corrected chi connectivity index (χ4v) is 6.23. The average molecular weight is 523 g/mol. The van der Waals surface area contributed by atoms with Crippen molar-refractivity contribution in [3.63, 3.8) is 0 Å². The fourth-order valence-electron chi connectivity index (χ4n) is 6.23. The van der Waals surface area contributed by atoms with Gasteiger partial charge < -0.3 is 4.74 Å². The second kappa shape index (κ2) is 16.7. The predicted octanol–water partition coefficient (Wildman–Crippen LogP) is 9.61. The Morgan fingerprint density at radius 1 is 0.974 bits per heavy atom. The number of ketones is 1. The fraction of sp³-hybridized carbons (Fsp3) is 0.657. The molecular formula is C35H54O3. The van der Waals surface area contributed by atoms with Gasteiger partial charge in [0.25, 0.3) is 0 Å². The van der Waals surface area contributed by atoms with Crippen molar-refractivity contribution in [2.75, 3.05) is 6.61 Å². The quantitative estimate of drug-likeness (QED) is 0.109. The molecular weight excluding hydrogens is 468 g/mol. The van der Waals surface area contributed by atoms with E-state index in [9.17, 15) is 9.59 Å². The number of carbonyl (C=O) groups is 2. The Hall–Kier alpha value is -2.16. The first-order valence-corrected chi connectivity index (χ1v) is 15.3. The minimum atomic E-state index is -0.526. The van der Waals surface area contributed by atoms with Crippen molar-refractivity contribution in [2.45, 2.75) is 112 Å². The Morgan fingerprint density at radius 2 is 1.55 bits per heavy atom. The third kappa shape index (κ3) is 10.2. The minimum Gasteiger partial charge on any atom is -0.465 e. The number of Topliss-reactive ketones (excluding diaryl/α,β-unsaturated/α-hetero) is 1. The van der Waals surface area contributed by atoms with Crippen LogP contribution in [0.5, 0.6) is 0 Å². The molecule has 0 heterocycles. The maximum atomic E-state index is 13.6. The van der Waals surface area contributed by atoms with Crippen LogP contribution in [-0.4, -0.2) is 18.4 Å². The summed E-state index contributed by atoms with van der Waals surface area (Å²) in [6.45, 7) is 15.5. The van der Waals surface area contributed by atoms with Crippen molar-refractivity contribution in [3.05, 3.63) is 54.6 Å². The molecule has 212 valence electrons. The third-order valence-corrected chi connectivity index (χ3v) is 8.41. The van der Waals surface area contributed by atoms with Crippen molar-refractivity contribution in [3.8, 4) is 0 Å². The molecule has 0 bridgehead atoms. The number of hydrogen-bond donors (Lipinski definition) is 0. The number of rotatable bonds is 18. The molecule has 0 aromatic heterocycles. The Morgan fingerprint density at radius 3 is 2.13 bits per heavy atom. The lowest BCUT2D eigenvalue weighted by Crippen LogP contribution is -2.39. The van der Waals surface area contributed by atoms with Crippen molar-refractivity contribution in [1.82, 2.24) is 0 Å². The van der Waals surface area contributed by atoms with Crippen LogP contribution >= 0.6 is 0 Å². The van der Waals surface area contributed by atoms with E-state index in [1.807, 2.05) is 37.3 Å². The van der Waals surface area contributed by atoms with E-state index >= 15 is 0 Å². The van der Waals surface area contributed by atoms with Crippen LogP contribution in [0.25, 0.3) is 5.57 Å². The zero-order chi connectivity index (χ0) is 28.0. The number of benzene rings is 1. The van der Waals surface area contributed by atoms with Gasteiger partial charge in [0, 0.05) is 12.3 Å². The molecule has 0 fully saturated rings. The van der Waals surface area contributed by atoms with E-state index in [2.05, 4.69) is 46.4 Å². The molecule has 0 radical (unpaired) electrons. The maximum absolute atomic E-state index is 13.6. The molecule has 1 aromatic rings. The first-order chi connectivity index (χ1) is 18.2. The Bertz CT molecular complexity index is 882. The summed E-state index contributed by atoms with van der Waals surface area (Å²) in [6, 6.07) is 9.84. The lowest BCUT2D eigenvalue weighted by atomic mass is 9.64. The van der Waals surface area contributed by atoms with Crippen LogP contribution in [0.4, 0.5) is 0 Å². The van der Waals surface area contributed by atoms with Crippen molar-refractivity contribution in [1.29, 1.82) is 0 Å². The molecule has 0 saturated heterocycles. The van der Waals surface area contributed by atoms with Gasteiger partial charge in [0.05, 0.1) is 12.5 Å². The molecule has 0 aliphatic heterocycles. The molecule has 4 unspecified atom stereocenters. The zero-order valence-electron chi connectivity index (χ0n) is 25.0. The number of esters is 1. The summed E-state index contributed by atoms with van der Waals surface area (Å²) < 4.78 is 5.81. The predicted molar refractivity (Wildman–Crippen MR) is 161 cm³/mol. The normalized spacial score (nSPS) is 20.0. The van der Waals surface area contributed by atoms with Crippen LogP contribution in [0.3, 0.4) is 0 Å². The van der Waals surface area contributed by atoms with Crippen molar-refractivity contribution >= 4 is 17.3 Å². The van der Waals surface area contributed by atoms with E-state index in [1.165, 1.54) is 51.4 Å². The van der Waals surface area contributed by atoms with Gasteiger partial charge >= 0.3 is 5.97 Å².